The van der Waals surface area contributed by atoms with Crippen LogP contribution < -0.4 is 5.46 Å². The molecule has 8 heteroatoms. The SMILES string of the molecule is C.CC(=O)c1ccccc1-c1ccc(F)cc1.CC(=O)c1ccccc1Br.OB(O)c1ccc(F)cc1. The van der Waals surface area contributed by atoms with Crippen molar-refractivity contribution in [2.24, 2.45) is 0 Å². The second-order valence-electron chi connectivity index (χ2n) is 7.57. The molecule has 4 aromatic rings. The molecule has 4 rings (SSSR count). The molecule has 0 unspecified atom stereocenters. The Bertz CT molecular complexity index is 1290. The molecule has 0 aliphatic rings. The van der Waals surface area contributed by atoms with Crippen molar-refractivity contribution < 1.29 is 28.4 Å². The van der Waals surface area contributed by atoms with Gasteiger partial charge < -0.3 is 10.0 Å². The topological polar surface area (TPSA) is 74.6 Å². The van der Waals surface area contributed by atoms with E-state index in [-0.39, 0.29) is 30.6 Å². The molecule has 0 aromatic heterocycles. The van der Waals surface area contributed by atoms with E-state index in [4.69, 9.17) is 10.0 Å². The molecule has 4 aromatic carbocycles. The van der Waals surface area contributed by atoms with Crippen molar-refractivity contribution >= 4 is 40.1 Å². The fraction of sp³-hybridized carbons (Fsp3) is 0.103. The number of rotatable bonds is 4. The van der Waals surface area contributed by atoms with Gasteiger partial charge in [-0.15, -0.1) is 0 Å². The van der Waals surface area contributed by atoms with Gasteiger partial charge in [-0.2, -0.15) is 0 Å². The predicted octanol–water partition coefficient (Wildman–Crippen LogP) is 6.49. The van der Waals surface area contributed by atoms with E-state index in [2.05, 4.69) is 15.9 Å². The molecule has 0 bridgehead atoms. The first-order valence-corrected chi connectivity index (χ1v) is 11.6. The van der Waals surface area contributed by atoms with Crippen molar-refractivity contribution in [3.8, 4) is 11.1 Å². The molecule has 2 N–H and O–H groups in total. The minimum absolute atomic E-state index is 0. The fourth-order valence-electron chi connectivity index (χ4n) is 3.05. The Morgan fingerprint density at radius 3 is 1.54 bits per heavy atom. The Labute approximate surface area is 224 Å². The summed E-state index contributed by atoms with van der Waals surface area (Å²) >= 11 is 3.28. The minimum atomic E-state index is -1.51. The minimum Gasteiger partial charge on any atom is -0.423 e. The molecule has 0 amide bonds. The van der Waals surface area contributed by atoms with Crippen LogP contribution in [0.25, 0.3) is 11.1 Å². The van der Waals surface area contributed by atoms with E-state index in [1.807, 2.05) is 36.4 Å². The van der Waals surface area contributed by atoms with Crippen LogP contribution in [0.5, 0.6) is 0 Å². The number of carbonyl (C=O) groups is 2. The van der Waals surface area contributed by atoms with Crippen LogP contribution in [0.4, 0.5) is 8.78 Å². The van der Waals surface area contributed by atoms with Crippen molar-refractivity contribution in [1.29, 1.82) is 0 Å². The van der Waals surface area contributed by atoms with Gasteiger partial charge in [0.2, 0.25) is 0 Å². The Hall–Kier alpha value is -3.46. The average molecular weight is 569 g/mol. The van der Waals surface area contributed by atoms with Crippen molar-refractivity contribution in [1.82, 2.24) is 0 Å². The molecule has 0 fully saturated rings. The van der Waals surface area contributed by atoms with E-state index in [9.17, 15) is 18.4 Å². The van der Waals surface area contributed by atoms with Gasteiger partial charge in [0.15, 0.2) is 11.6 Å². The summed E-state index contributed by atoms with van der Waals surface area (Å²) in [4.78, 5) is 22.3. The van der Waals surface area contributed by atoms with Crippen LogP contribution in [-0.4, -0.2) is 28.7 Å². The Morgan fingerprint density at radius 1 is 0.676 bits per heavy atom. The van der Waals surface area contributed by atoms with Gasteiger partial charge in [-0.1, -0.05) is 90.1 Å². The molecule has 0 atom stereocenters. The zero-order valence-electron chi connectivity index (χ0n) is 19.7. The normalized spacial score (nSPS) is 9.49. The Kier molecular flexibility index (Phi) is 13.3. The first-order valence-electron chi connectivity index (χ1n) is 10.8. The van der Waals surface area contributed by atoms with Gasteiger partial charge in [0.1, 0.15) is 11.6 Å². The van der Waals surface area contributed by atoms with Crippen LogP contribution in [0.3, 0.4) is 0 Å². The highest BCUT2D eigenvalue weighted by molar-refractivity contribution is 9.10. The van der Waals surface area contributed by atoms with Crippen LogP contribution in [0.15, 0.2) is 102 Å². The Balaban J connectivity index is 0.000000287. The van der Waals surface area contributed by atoms with Gasteiger partial charge >= 0.3 is 7.12 Å². The molecule has 37 heavy (non-hydrogen) atoms. The monoisotopic (exact) mass is 568 g/mol. The fourth-order valence-corrected chi connectivity index (χ4v) is 3.62. The molecule has 192 valence electrons. The summed E-state index contributed by atoms with van der Waals surface area (Å²) in [7, 11) is -1.51. The van der Waals surface area contributed by atoms with E-state index in [1.165, 1.54) is 43.3 Å². The third-order valence-corrected chi connectivity index (χ3v) is 5.57. The first kappa shape index (κ1) is 31.6. The number of carbonyl (C=O) groups excluding carboxylic acids is 2. The third kappa shape index (κ3) is 10.2. The van der Waals surface area contributed by atoms with E-state index < -0.39 is 7.12 Å². The summed E-state index contributed by atoms with van der Waals surface area (Å²) in [5.41, 5.74) is 3.39. The van der Waals surface area contributed by atoms with Crippen molar-refractivity contribution in [3.05, 3.63) is 124 Å². The highest BCUT2D eigenvalue weighted by Gasteiger charge is 2.09. The zero-order chi connectivity index (χ0) is 26.7. The first-order chi connectivity index (χ1) is 17.1. The number of halogens is 3. The summed E-state index contributed by atoms with van der Waals surface area (Å²) in [5, 5.41) is 17.1. The third-order valence-electron chi connectivity index (χ3n) is 4.88. The predicted molar refractivity (Wildman–Crippen MR) is 149 cm³/mol. The van der Waals surface area contributed by atoms with Crippen molar-refractivity contribution in [2.45, 2.75) is 21.3 Å². The van der Waals surface area contributed by atoms with Crippen LogP contribution in [0.1, 0.15) is 42.0 Å². The van der Waals surface area contributed by atoms with Crippen LogP contribution in [-0.2, 0) is 0 Å². The summed E-state index contributed by atoms with van der Waals surface area (Å²) in [5.74, 6) is -0.555. The quantitative estimate of drug-likeness (QED) is 0.218. The maximum Gasteiger partial charge on any atom is 0.488 e. The number of ketones is 2. The summed E-state index contributed by atoms with van der Waals surface area (Å²) in [6.07, 6.45) is 0. The summed E-state index contributed by atoms with van der Waals surface area (Å²) in [6.45, 7) is 3.09. The molecule has 0 radical (unpaired) electrons. The second-order valence-corrected chi connectivity index (χ2v) is 8.42. The molecule has 0 aliphatic heterocycles. The highest BCUT2D eigenvalue weighted by atomic mass is 79.9. The molecule has 0 spiro atoms. The maximum absolute atomic E-state index is 12.8. The van der Waals surface area contributed by atoms with Gasteiger partial charge in [-0.05, 0) is 60.8 Å². The van der Waals surface area contributed by atoms with E-state index in [1.54, 1.807) is 31.2 Å². The van der Waals surface area contributed by atoms with Crippen molar-refractivity contribution in [3.63, 3.8) is 0 Å². The standard InChI is InChI=1S/C14H11FO.C8H7BrO.C6H6BFO2.CH4/c1-10(16)13-4-2-3-5-14(13)11-6-8-12(15)9-7-11;1-6(10)7-4-2-3-5-8(7)9;8-6-3-1-5(2-4-6)7(9)10;/h2-9H,1H3;2-5H,1H3;1-4,9-10H;1H4. The highest BCUT2D eigenvalue weighted by Crippen LogP contribution is 2.24. The lowest BCUT2D eigenvalue weighted by molar-refractivity contribution is 0.100. The molecule has 0 saturated carbocycles. The lowest BCUT2D eigenvalue weighted by Gasteiger charge is -2.06. The van der Waals surface area contributed by atoms with Gasteiger partial charge in [0, 0.05) is 15.6 Å². The molecule has 0 aliphatic carbocycles. The average Bonchev–Trinajstić information content (AvgIpc) is 2.86. The van der Waals surface area contributed by atoms with Gasteiger partial charge in [-0.3, -0.25) is 9.59 Å². The molecule has 0 heterocycles. The van der Waals surface area contributed by atoms with E-state index >= 15 is 0 Å². The van der Waals surface area contributed by atoms with Gasteiger partial charge in [0.25, 0.3) is 0 Å². The molecule has 4 nitrogen and oxygen atoms in total. The summed E-state index contributed by atoms with van der Waals surface area (Å²) < 4.78 is 25.8. The van der Waals surface area contributed by atoms with Crippen LogP contribution >= 0.6 is 15.9 Å². The Morgan fingerprint density at radius 2 is 1.11 bits per heavy atom. The zero-order valence-corrected chi connectivity index (χ0v) is 21.2. The van der Waals surface area contributed by atoms with Crippen LogP contribution in [0, 0.1) is 11.6 Å². The van der Waals surface area contributed by atoms with E-state index in [0.717, 1.165) is 21.2 Å². The van der Waals surface area contributed by atoms with Gasteiger partial charge in [0.05, 0.1) is 0 Å². The number of hydrogen-bond donors (Lipinski definition) is 2. The molecular weight excluding hydrogens is 541 g/mol. The molecule has 0 saturated heterocycles. The summed E-state index contributed by atoms with van der Waals surface area (Å²) in [6, 6.07) is 25.9. The number of benzene rings is 4. The van der Waals surface area contributed by atoms with Crippen LogP contribution in [0.2, 0.25) is 0 Å². The lowest BCUT2D eigenvalue weighted by atomic mass is 9.80. The van der Waals surface area contributed by atoms with Crippen molar-refractivity contribution in [2.75, 3.05) is 0 Å². The number of hydrogen-bond acceptors (Lipinski definition) is 4. The lowest BCUT2D eigenvalue weighted by Crippen LogP contribution is -2.29. The second kappa shape index (κ2) is 15.6. The number of Topliss-reactive ketones (excluding diaryl/α,β-unsaturated/α-hetero) is 2. The maximum atomic E-state index is 12.8. The molecular formula is C29H28BBrF2O4. The van der Waals surface area contributed by atoms with Gasteiger partial charge in [-0.25, -0.2) is 8.78 Å². The largest absolute Gasteiger partial charge is 0.488 e. The van der Waals surface area contributed by atoms with E-state index in [0.29, 0.717) is 11.0 Å². The smallest absolute Gasteiger partial charge is 0.423 e.